The van der Waals surface area contributed by atoms with Crippen LogP contribution in [0.5, 0.6) is 11.5 Å². The summed E-state index contributed by atoms with van der Waals surface area (Å²) >= 11 is 3.58. The van der Waals surface area contributed by atoms with Gasteiger partial charge in [-0.15, -0.1) is 0 Å². The zero-order valence-electron chi connectivity index (χ0n) is 20.9. The number of carbonyl (C=O) groups is 1. The van der Waals surface area contributed by atoms with Gasteiger partial charge in [-0.3, -0.25) is 4.79 Å². The van der Waals surface area contributed by atoms with Gasteiger partial charge in [0.05, 0.1) is 23.7 Å². The zero-order valence-corrected chi connectivity index (χ0v) is 23.3. The highest BCUT2D eigenvalue weighted by Crippen LogP contribution is 2.39. The molecule has 0 fully saturated rings. The van der Waals surface area contributed by atoms with Crippen molar-refractivity contribution in [1.82, 2.24) is 0 Å². The van der Waals surface area contributed by atoms with Crippen LogP contribution in [-0.4, -0.2) is 33.7 Å². The molecule has 3 aromatic carbocycles. The van der Waals surface area contributed by atoms with Crippen LogP contribution in [-0.2, 0) is 38.8 Å². The lowest BCUT2D eigenvalue weighted by atomic mass is 10.0. The maximum Gasteiger partial charge on any atom is 0.231 e. The van der Waals surface area contributed by atoms with E-state index in [4.69, 9.17) is 9.47 Å². The normalized spacial score (nSPS) is 13.1. The molecule has 1 heterocycles. The summed E-state index contributed by atoms with van der Waals surface area (Å²) in [4.78, 5) is 15.3. The number of halogens is 1. The molecule has 4 rings (SSSR count). The Balaban J connectivity index is 1.59. The number of sulfone groups is 1. The van der Waals surface area contributed by atoms with E-state index in [0.29, 0.717) is 25.1 Å². The van der Waals surface area contributed by atoms with Crippen molar-refractivity contribution >= 4 is 37.4 Å². The number of hydrogen-bond donors (Lipinski definition) is 0. The van der Waals surface area contributed by atoms with Gasteiger partial charge >= 0.3 is 0 Å². The van der Waals surface area contributed by atoms with Crippen molar-refractivity contribution in [3.05, 3.63) is 80.8 Å². The summed E-state index contributed by atoms with van der Waals surface area (Å²) in [6, 6.07) is 14.6. The van der Waals surface area contributed by atoms with Crippen LogP contribution in [0.25, 0.3) is 0 Å². The van der Waals surface area contributed by atoms with Crippen LogP contribution in [0.4, 0.5) is 5.69 Å². The molecule has 1 aliphatic heterocycles. The molecule has 0 aromatic heterocycles. The predicted molar refractivity (Wildman–Crippen MR) is 145 cm³/mol. The van der Waals surface area contributed by atoms with Crippen LogP contribution in [0.15, 0.2) is 57.9 Å². The highest BCUT2D eigenvalue weighted by molar-refractivity contribution is 9.10. The van der Waals surface area contributed by atoms with Crippen molar-refractivity contribution < 1.29 is 22.7 Å². The molecule has 0 radical (unpaired) electrons. The molecule has 0 N–H and O–H groups in total. The summed E-state index contributed by atoms with van der Waals surface area (Å²) < 4.78 is 37.6. The first-order valence-electron chi connectivity index (χ1n) is 11.9. The van der Waals surface area contributed by atoms with Crippen molar-refractivity contribution in [2.24, 2.45) is 0 Å². The van der Waals surface area contributed by atoms with E-state index in [-0.39, 0.29) is 23.0 Å². The first-order valence-corrected chi connectivity index (χ1v) is 14.3. The Hall–Kier alpha value is -2.68. The Kier molecular flexibility index (Phi) is 7.87. The van der Waals surface area contributed by atoms with Crippen LogP contribution in [0, 0.1) is 13.8 Å². The smallest absolute Gasteiger partial charge is 0.231 e. The van der Waals surface area contributed by atoms with Crippen LogP contribution in [0.1, 0.15) is 34.7 Å². The summed E-state index contributed by atoms with van der Waals surface area (Å²) in [5, 5.41) is 0. The number of hydrogen-bond acceptors (Lipinski definition) is 5. The van der Waals surface area contributed by atoms with Gasteiger partial charge in [0.2, 0.25) is 5.91 Å². The lowest BCUT2D eigenvalue weighted by molar-refractivity contribution is -0.117. The van der Waals surface area contributed by atoms with Crippen molar-refractivity contribution in [1.29, 1.82) is 0 Å². The molecule has 0 aliphatic carbocycles. The quantitative estimate of drug-likeness (QED) is 0.335. The summed E-state index contributed by atoms with van der Waals surface area (Å²) in [5.41, 5.74) is 5.45. The van der Waals surface area contributed by atoms with E-state index in [0.717, 1.165) is 43.9 Å². The third-order valence-corrected chi connectivity index (χ3v) is 9.16. The zero-order chi connectivity index (χ0) is 26.0. The molecular formula is C28H30BrNO5S. The molecule has 36 heavy (non-hydrogen) atoms. The van der Waals surface area contributed by atoms with E-state index in [1.54, 1.807) is 43.2 Å². The molecule has 0 spiro atoms. The fourth-order valence-corrected chi connectivity index (χ4v) is 6.27. The van der Waals surface area contributed by atoms with Crippen LogP contribution in [0.2, 0.25) is 0 Å². The Morgan fingerprint density at radius 2 is 1.81 bits per heavy atom. The Morgan fingerprint density at radius 3 is 2.53 bits per heavy atom. The summed E-state index contributed by atoms with van der Waals surface area (Å²) in [6.07, 6.45) is 0.750. The average Bonchev–Trinajstić information content (AvgIpc) is 3.29. The maximum absolute atomic E-state index is 13.3. The summed E-state index contributed by atoms with van der Waals surface area (Å²) in [7, 11) is -1.75. The van der Waals surface area contributed by atoms with Gasteiger partial charge in [0.1, 0.15) is 11.5 Å². The topological polar surface area (TPSA) is 72.9 Å². The second-order valence-corrected chi connectivity index (χ2v) is 12.0. The molecule has 6 nitrogen and oxygen atoms in total. The van der Waals surface area contributed by atoms with Crippen LogP contribution in [0.3, 0.4) is 0 Å². The van der Waals surface area contributed by atoms with E-state index >= 15 is 0 Å². The highest BCUT2D eigenvalue weighted by Gasteiger charge is 2.28. The van der Waals surface area contributed by atoms with E-state index in [1.807, 2.05) is 38.1 Å². The molecule has 0 saturated heterocycles. The largest absolute Gasteiger partial charge is 0.457 e. The molecule has 190 valence electrons. The number of aryl methyl sites for hydroxylation is 1. The molecule has 1 amide bonds. The van der Waals surface area contributed by atoms with Crippen molar-refractivity contribution in [3.8, 4) is 11.5 Å². The minimum atomic E-state index is -3.41. The summed E-state index contributed by atoms with van der Waals surface area (Å²) in [6.45, 7) is 6.64. The minimum Gasteiger partial charge on any atom is -0.457 e. The molecule has 8 heteroatoms. The lowest BCUT2D eigenvalue weighted by Gasteiger charge is -2.20. The number of fused-ring (bicyclic) bond motifs is 1. The SMILES string of the molecule is CCS(=O)(=O)c1ccccc1CC(=O)N1CCc2c1ccc(Oc1cc(COC)c(Br)cc1C)c2C. The number of amides is 1. The molecule has 1 aliphatic rings. The molecule has 0 unspecified atom stereocenters. The number of carbonyl (C=O) groups excluding carboxylic acids is 1. The summed E-state index contributed by atoms with van der Waals surface area (Å²) in [5.74, 6) is 1.38. The first-order chi connectivity index (χ1) is 17.2. The number of rotatable bonds is 8. The lowest BCUT2D eigenvalue weighted by Crippen LogP contribution is -2.30. The highest BCUT2D eigenvalue weighted by atomic mass is 79.9. The van der Waals surface area contributed by atoms with Gasteiger partial charge in [0.15, 0.2) is 9.84 Å². The fraction of sp³-hybridized carbons (Fsp3) is 0.321. The van der Waals surface area contributed by atoms with E-state index in [2.05, 4.69) is 15.9 Å². The van der Waals surface area contributed by atoms with E-state index in [9.17, 15) is 13.2 Å². The van der Waals surface area contributed by atoms with E-state index in [1.165, 1.54) is 0 Å². The second-order valence-electron chi connectivity index (χ2n) is 8.91. The van der Waals surface area contributed by atoms with Gasteiger partial charge in [-0.05, 0) is 78.4 Å². The molecule has 3 aromatic rings. The minimum absolute atomic E-state index is 0.00245. The van der Waals surface area contributed by atoms with Crippen LogP contribution < -0.4 is 9.64 Å². The first kappa shape index (κ1) is 26.4. The standard InChI is InChI=1S/C28H30BrNO5S/c1-5-36(32,33)27-9-7-6-8-20(27)16-28(31)30-13-12-22-19(3)25(11-10-24(22)30)35-26-15-21(17-34-4)23(29)14-18(26)2/h6-11,14-15H,5,12-13,16-17H2,1-4H3. The van der Waals surface area contributed by atoms with Gasteiger partial charge < -0.3 is 14.4 Å². The second kappa shape index (κ2) is 10.7. The van der Waals surface area contributed by atoms with Crippen molar-refractivity contribution in [2.45, 2.75) is 45.1 Å². The van der Waals surface area contributed by atoms with Gasteiger partial charge in [0, 0.05) is 23.8 Å². The molecule has 0 saturated carbocycles. The number of nitrogens with zero attached hydrogens (tertiary/aromatic N) is 1. The van der Waals surface area contributed by atoms with Gasteiger partial charge in [-0.25, -0.2) is 8.42 Å². The molecule has 0 bridgehead atoms. The maximum atomic E-state index is 13.3. The van der Waals surface area contributed by atoms with Crippen LogP contribution >= 0.6 is 15.9 Å². The van der Waals surface area contributed by atoms with Gasteiger partial charge in [-0.2, -0.15) is 0 Å². The number of benzene rings is 3. The fourth-order valence-electron chi connectivity index (χ4n) is 4.56. The third kappa shape index (κ3) is 5.21. The number of methoxy groups -OCH3 is 1. The monoisotopic (exact) mass is 571 g/mol. The Bertz CT molecular complexity index is 1420. The Morgan fingerprint density at radius 1 is 1.06 bits per heavy atom. The number of ether oxygens (including phenoxy) is 2. The Labute approximate surface area is 221 Å². The van der Waals surface area contributed by atoms with Gasteiger partial charge in [-0.1, -0.05) is 41.1 Å². The third-order valence-electron chi connectivity index (χ3n) is 6.59. The number of anilines is 1. The molecule has 0 atom stereocenters. The van der Waals surface area contributed by atoms with E-state index < -0.39 is 9.84 Å². The van der Waals surface area contributed by atoms with Crippen molar-refractivity contribution in [3.63, 3.8) is 0 Å². The van der Waals surface area contributed by atoms with Gasteiger partial charge in [0.25, 0.3) is 0 Å². The predicted octanol–water partition coefficient (Wildman–Crippen LogP) is 5.93. The van der Waals surface area contributed by atoms with Crippen molar-refractivity contribution in [2.75, 3.05) is 24.3 Å². The molecular weight excluding hydrogens is 542 g/mol. The average molecular weight is 573 g/mol.